The SMILES string of the molecule is C/C(=C\c1ccccc1Cl)C(C)N. The molecule has 70 valence electrons. The van der Waals surface area contributed by atoms with Crippen molar-refractivity contribution in [3.63, 3.8) is 0 Å². The third-order valence-corrected chi connectivity index (χ3v) is 2.35. The van der Waals surface area contributed by atoms with Gasteiger partial charge in [-0.15, -0.1) is 0 Å². The zero-order valence-corrected chi connectivity index (χ0v) is 8.68. The molecular formula is C11H14ClN. The first kappa shape index (κ1) is 10.3. The highest BCUT2D eigenvalue weighted by molar-refractivity contribution is 6.32. The average Bonchev–Trinajstić information content (AvgIpc) is 2.08. The van der Waals surface area contributed by atoms with E-state index < -0.39 is 0 Å². The van der Waals surface area contributed by atoms with Gasteiger partial charge in [-0.05, 0) is 25.5 Å². The van der Waals surface area contributed by atoms with E-state index in [2.05, 4.69) is 0 Å². The third-order valence-electron chi connectivity index (χ3n) is 2.01. The second kappa shape index (κ2) is 4.45. The van der Waals surface area contributed by atoms with Crippen LogP contribution < -0.4 is 5.73 Å². The molecule has 2 N–H and O–H groups in total. The molecule has 1 aromatic rings. The van der Waals surface area contributed by atoms with Gasteiger partial charge in [0, 0.05) is 11.1 Å². The summed E-state index contributed by atoms with van der Waals surface area (Å²) in [5.74, 6) is 0. The monoisotopic (exact) mass is 195 g/mol. The second-order valence-electron chi connectivity index (χ2n) is 3.20. The topological polar surface area (TPSA) is 26.0 Å². The van der Waals surface area contributed by atoms with Gasteiger partial charge in [0.25, 0.3) is 0 Å². The minimum absolute atomic E-state index is 0.0799. The first-order chi connectivity index (χ1) is 6.11. The van der Waals surface area contributed by atoms with E-state index in [4.69, 9.17) is 17.3 Å². The Morgan fingerprint density at radius 1 is 1.46 bits per heavy atom. The second-order valence-corrected chi connectivity index (χ2v) is 3.61. The molecule has 13 heavy (non-hydrogen) atoms. The van der Waals surface area contributed by atoms with Crippen LogP contribution in [0.5, 0.6) is 0 Å². The summed E-state index contributed by atoms with van der Waals surface area (Å²) in [5, 5.41) is 0.766. The van der Waals surface area contributed by atoms with Gasteiger partial charge in [0.1, 0.15) is 0 Å². The van der Waals surface area contributed by atoms with Crippen molar-refractivity contribution in [1.29, 1.82) is 0 Å². The summed E-state index contributed by atoms with van der Waals surface area (Å²) in [6, 6.07) is 7.82. The Balaban J connectivity index is 2.97. The van der Waals surface area contributed by atoms with Crippen LogP contribution in [0.15, 0.2) is 29.8 Å². The van der Waals surface area contributed by atoms with Crippen molar-refractivity contribution in [1.82, 2.24) is 0 Å². The number of benzene rings is 1. The molecule has 0 fully saturated rings. The molecule has 0 saturated carbocycles. The molecule has 0 aliphatic rings. The van der Waals surface area contributed by atoms with Gasteiger partial charge in [-0.3, -0.25) is 0 Å². The largest absolute Gasteiger partial charge is 0.324 e. The van der Waals surface area contributed by atoms with E-state index in [1.807, 2.05) is 44.2 Å². The summed E-state index contributed by atoms with van der Waals surface area (Å²) in [4.78, 5) is 0. The van der Waals surface area contributed by atoms with Crippen LogP contribution in [0.2, 0.25) is 5.02 Å². The molecule has 0 bridgehead atoms. The van der Waals surface area contributed by atoms with Gasteiger partial charge >= 0.3 is 0 Å². The Bertz CT molecular complexity index is 316. The van der Waals surface area contributed by atoms with E-state index in [1.165, 1.54) is 0 Å². The molecule has 0 spiro atoms. The fourth-order valence-electron chi connectivity index (χ4n) is 0.969. The highest BCUT2D eigenvalue weighted by Crippen LogP contribution is 2.18. The summed E-state index contributed by atoms with van der Waals surface area (Å²) in [6.07, 6.45) is 2.02. The molecule has 0 aliphatic heterocycles. The van der Waals surface area contributed by atoms with Crippen molar-refractivity contribution in [2.75, 3.05) is 0 Å². The van der Waals surface area contributed by atoms with E-state index in [9.17, 15) is 0 Å². The van der Waals surface area contributed by atoms with Crippen molar-refractivity contribution < 1.29 is 0 Å². The smallest absolute Gasteiger partial charge is 0.0478 e. The average molecular weight is 196 g/mol. The third kappa shape index (κ3) is 2.87. The molecule has 1 aromatic carbocycles. The fraction of sp³-hybridized carbons (Fsp3) is 0.273. The van der Waals surface area contributed by atoms with Crippen LogP contribution in [0.3, 0.4) is 0 Å². The Morgan fingerprint density at radius 3 is 2.62 bits per heavy atom. The quantitative estimate of drug-likeness (QED) is 0.771. The number of hydrogen-bond acceptors (Lipinski definition) is 1. The van der Waals surface area contributed by atoms with Crippen molar-refractivity contribution in [2.24, 2.45) is 5.73 Å². The molecule has 0 aliphatic carbocycles. The lowest BCUT2D eigenvalue weighted by Crippen LogP contribution is -2.15. The zero-order valence-electron chi connectivity index (χ0n) is 7.92. The highest BCUT2D eigenvalue weighted by Gasteiger charge is 1.99. The standard InChI is InChI=1S/C11H14ClN/c1-8(9(2)13)7-10-5-3-4-6-11(10)12/h3-7,9H,13H2,1-2H3/b8-7+. The van der Waals surface area contributed by atoms with Gasteiger partial charge in [0.05, 0.1) is 0 Å². The molecule has 0 saturated heterocycles. The number of nitrogens with two attached hydrogens (primary N) is 1. The van der Waals surface area contributed by atoms with Crippen LogP contribution in [-0.2, 0) is 0 Å². The van der Waals surface area contributed by atoms with E-state index in [1.54, 1.807) is 0 Å². The van der Waals surface area contributed by atoms with Crippen molar-refractivity contribution in [3.8, 4) is 0 Å². The van der Waals surface area contributed by atoms with Crippen LogP contribution in [-0.4, -0.2) is 6.04 Å². The molecule has 2 heteroatoms. The maximum Gasteiger partial charge on any atom is 0.0478 e. The Morgan fingerprint density at radius 2 is 2.08 bits per heavy atom. The fourth-order valence-corrected chi connectivity index (χ4v) is 1.16. The van der Waals surface area contributed by atoms with Gasteiger partial charge < -0.3 is 5.73 Å². The maximum atomic E-state index is 5.99. The summed E-state index contributed by atoms with van der Waals surface area (Å²) in [7, 11) is 0. The number of rotatable bonds is 2. The molecule has 0 heterocycles. The van der Waals surface area contributed by atoms with Crippen LogP contribution in [0.1, 0.15) is 19.4 Å². The molecule has 1 unspecified atom stereocenters. The Hall–Kier alpha value is -0.790. The highest BCUT2D eigenvalue weighted by atomic mass is 35.5. The molecule has 0 radical (unpaired) electrons. The number of halogens is 1. The van der Waals surface area contributed by atoms with Gasteiger partial charge in [-0.1, -0.05) is 41.4 Å². The van der Waals surface area contributed by atoms with Crippen molar-refractivity contribution in [2.45, 2.75) is 19.9 Å². The lowest BCUT2D eigenvalue weighted by molar-refractivity contribution is 0.868. The van der Waals surface area contributed by atoms with Gasteiger partial charge in [-0.2, -0.15) is 0 Å². The lowest BCUT2D eigenvalue weighted by atomic mass is 10.1. The van der Waals surface area contributed by atoms with Gasteiger partial charge in [0.15, 0.2) is 0 Å². The predicted molar refractivity (Wildman–Crippen MR) is 58.8 cm³/mol. The van der Waals surface area contributed by atoms with E-state index in [-0.39, 0.29) is 6.04 Å². The van der Waals surface area contributed by atoms with Gasteiger partial charge in [0.2, 0.25) is 0 Å². The molecule has 1 atom stereocenters. The molecule has 0 amide bonds. The van der Waals surface area contributed by atoms with Crippen LogP contribution >= 0.6 is 11.6 Å². The molecule has 1 rings (SSSR count). The number of hydrogen-bond donors (Lipinski definition) is 1. The Labute approximate surface area is 84.2 Å². The lowest BCUT2D eigenvalue weighted by Gasteiger charge is -2.05. The summed E-state index contributed by atoms with van der Waals surface area (Å²) < 4.78 is 0. The zero-order chi connectivity index (χ0) is 9.84. The van der Waals surface area contributed by atoms with Crippen LogP contribution in [0.4, 0.5) is 0 Å². The molecular weight excluding hydrogens is 182 g/mol. The normalized spacial score (nSPS) is 14.3. The van der Waals surface area contributed by atoms with E-state index >= 15 is 0 Å². The minimum atomic E-state index is 0.0799. The van der Waals surface area contributed by atoms with E-state index in [0.717, 1.165) is 16.2 Å². The Kier molecular flexibility index (Phi) is 3.52. The first-order valence-corrected chi connectivity index (χ1v) is 4.67. The van der Waals surface area contributed by atoms with Crippen LogP contribution in [0.25, 0.3) is 6.08 Å². The van der Waals surface area contributed by atoms with Crippen molar-refractivity contribution in [3.05, 3.63) is 40.4 Å². The first-order valence-electron chi connectivity index (χ1n) is 4.29. The van der Waals surface area contributed by atoms with Crippen LogP contribution in [0, 0.1) is 0 Å². The summed E-state index contributed by atoms with van der Waals surface area (Å²) in [5.41, 5.74) is 7.88. The summed E-state index contributed by atoms with van der Waals surface area (Å²) in [6.45, 7) is 3.97. The predicted octanol–water partition coefficient (Wildman–Crippen LogP) is 3.09. The maximum absolute atomic E-state index is 5.99. The van der Waals surface area contributed by atoms with Crippen molar-refractivity contribution >= 4 is 17.7 Å². The van der Waals surface area contributed by atoms with Gasteiger partial charge in [-0.25, -0.2) is 0 Å². The molecule has 1 nitrogen and oxygen atoms in total. The molecule has 0 aromatic heterocycles. The summed E-state index contributed by atoms with van der Waals surface area (Å²) >= 11 is 5.99. The van der Waals surface area contributed by atoms with E-state index in [0.29, 0.717) is 0 Å². The minimum Gasteiger partial charge on any atom is -0.324 e.